The summed E-state index contributed by atoms with van der Waals surface area (Å²) < 4.78 is 63.2. The van der Waals surface area contributed by atoms with Crippen LogP contribution in [0.2, 0.25) is 0 Å². The van der Waals surface area contributed by atoms with E-state index in [0.29, 0.717) is 0 Å². The van der Waals surface area contributed by atoms with E-state index in [0.717, 1.165) is 11.1 Å². The van der Waals surface area contributed by atoms with Gasteiger partial charge in [0.25, 0.3) is 12.0 Å². The molecule has 4 rings (SSSR count). The molecule has 1 aliphatic heterocycles. The number of nitrogens with zero attached hydrogens (tertiary/aromatic N) is 4. The minimum Gasteiger partial charge on any atom is -0.428 e. The molecule has 1 aliphatic rings. The van der Waals surface area contributed by atoms with Crippen LogP contribution >= 0.6 is 0 Å². The van der Waals surface area contributed by atoms with Crippen LogP contribution in [0, 0.1) is 0 Å². The van der Waals surface area contributed by atoms with Crippen molar-refractivity contribution in [2.75, 3.05) is 24.6 Å². The molecule has 4 heterocycles. The van der Waals surface area contributed by atoms with E-state index in [1.165, 1.54) is 23.0 Å². The fourth-order valence-corrected chi connectivity index (χ4v) is 3.21. The Hall–Kier alpha value is -3.91. The first kappa shape index (κ1) is 21.3. The topological polar surface area (TPSA) is 135 Å². The van der Waals surface area contributed by atoms with Gasteiger partial charge in [-0.25, -0.2) is 36.7 Å². The number of fused-ring (bicyclic) bond motifs is 1. The molecule has 11 nitrogen and oxygen atoms in total. The molecule has 170 valence electrons. The van der Waals surface area contributed by atoms with Crippen LogP contribution in [0.5, 0.6) is 0 Å². The number of rotatable bonds is 5. The van der Waals surface area contributed by atoms with Gasteiger partial charge in [0, 0.05) is 18.6 Å². The standard InChI is InChI=1S/C17H14F4N6O5/c18-12(19)6-31-16(30)32-11-5-26(7-17(11,20)21)10-3-9(25-27-2-1-22-13(10)27)8-4-23-15(29)24-14(8)28/h1-4,11-12H,5-7H2,(H2,23,24,28,29)/t11-/m1/s1. The molecule has 1 atom stereocenters. The Kier molecular flexibility index (Phi) is 5.31. The van der Waals surface area contributed by atoms with Gasteiger partial charge in [0.1, 0.15) is 5.69 Å². The molecule has 0 spiro atoms. The zero-order valence-corrected chi connectivity index (χ0v) is 15.9. The molecule has 1 saturated heterocycles. The Morgan fingerprint density at radius 1 is 1.34 bits per heavy atom. The van der Waals surface area contributed by atoms with Crippen molar-refractivity contribution in [3.05, 3.63) is 45.5 Å². The van der Waals surface area contributed by atoms with E-state index in [1.807, 2.05) is 4.98 Å². The smallest absolute Gasteiger partial charge is 0.428 e. The molecule has 0 amide bonds. The number of aromatic amines is 2. The SMILES string of the molecule is O=C(OCC(F)F)O[C@@H]1CN(c2cc(-c3c[nH]c(=O)[nH]c3=O)nn3ccnc23)CC1(F)F. The van der Waals surface area contributed by atoms with E-state index in [2.05, 4.69) is 24.5 Å². The number of hydrogen-bond acceptors (Lipinski definition) is 8. The highest BCUT2D eigenvalue weighted by Crippen LogP contribution is 2.35. The molecule has 0 aromatic carbocycles. The maximum atomic E-state index is 14.5. The number of ether oxygens (including phenoxy) is 2. The molecule has 0 radical (unpaired) electrons. The van der Waals surface area contributed by atoms with Crippen LogP contribution in [0.3, 0.4) is 0 Å². The van der Waals surface area contributed by atoms with Gasteiger partial charge in [-0.15, -0.1) is 0 Å². The van der Waals surface area contributed by atoms with Gasteiger partial charge in [0.05, 0.1) is 24.3 Å². The number of alkyl halides is 4. The molecule has 2 N–H and O–H groups in total. The first-order valence-electron chi connectivity index (χ1n) is 9.05. The highest BCUT2D eigenvalue weighted by Gasteiger charge is 2.51. The second-order valence-corrected chi connectivity index (χ2v) is 6.80. The van der Waals surface area contributed by atoms with Crippen LogP contribution < -0.4 is 16.1 Å². The lowest BCUT2D eigenvalue weighted by atomic mass is 10.2. The molecule has 3 aromatic rings. The van der Waals surface area contributed by atoms with Crippen molar-refractivity contribution in [2.45, 2.75) is 18.5 Å². The largest absolute Gasteiger partial charge is 0.509 e. The molecule has 3 aromatic heterocycles. The van der Waals surface area contributed by atoms with Crippen molar-refractivity contribution in [3.8, 4) is 11.3 Å². The van der Waals surface area contributed by atoms with Gasteiger partial charge in [0.15, 0.2) is 18.4 Å². The predicted octanol–water partition coefficient (Wildman–Crippen LogP) is 1.02. The van der Waals surface area contributed by atoms with E-state index in [4.69, 9.17) is 0 Å². The van der Waals surface area contributed by atoms with Crippen molar-refractivity contribution < 1.29 is 31.8 Å². The Labute approximate surface area is 174 Å². The minimum absolute atomic E-state index is 0.0317. The molecular weight excluding hydrogens is 444 g/mol. The van der Waals surface area contributed by atoms with Crippen molar-refractivity contribution >= 4 is 17.5 Å². The molecule has 15 heteroatoms. The molecule has 0 bridgehead atoms. The quantitative estimate of drug-likeness (QED) is 0.428. The zero-order valence-electron chi connectivity index (χ0n) is 15.9. The first-order valence-corrected chi connectivity index (χ1v) is 9.05. The predicted molar refractivity (Wildman–Crippen MR) is 99.0 cm³/mol. The number of aromatic nitrogens is 5. The summed E-state index contributed by atoms with van der Waals surface area (Å²) in [6, 6.07) is 1.32. The number of anilines is 1. The average Bonchev–Trinajstić information content (AvgIpc) is 3.29. The minimum atomic E-state index is -3.54. The summed E-state index contributed by atoms with van der Waals surface area (Å²) in [6.45, 7) is -2.69. The van der Waals surface area contributed by atoms with Crippen molar-refractivity contribution in [3.63, 3.8) is 0 Å². The molecule has 0 saturated carbocycles. The van der Waals surface area contributed by atoms with Crippen molar-refractivity contribution in [1.82, 2.24) is 24.6 Å². The van der Waals surface area contributed by atoms with E-state index in [1.54, 1.807) is 0 Å². The van der Waals surface area contributed by atoms with Gasteiger partial charge < -0.3 is 19.4 Å². The van der Waals surface area contributed by atoms with E-state index >= 15 is 0 Å². The van der Waals surface area contributed by atoms with Gasteiger partial charge in [-0.05, 0) is 6.07 Å². The third-order valence-electron chi connectivity index (χ3n) is 4.60. The zero-order chi connectivity index (χ0) is 23.0. The number of imidazole rings is 1. The van der Waals surface area contributed by atoms with Crippen molar-refractivity contribution in [1.29, 1.82) is 0 Å². The number of carbonyl (C=O) groups excluding carboxylic acids is 1. The maximum Gasteiger partial charge on any atom is 0.509 e. The van der Waals surface area contributed by atoms with Gasteiger partial charge in [0.2, 0.25) is 0 Å². The third kappa shape index (κ3) is 4.13. The van der Waals surface area contributed by atoms with Crippen LogP contribution in [0.25, 0.3) is 16.9 Å². The molecule has 0 aliphatic carbocycles. The summed E-state index contributed by atoms with van der Waals surface area (Å²) in [5.74, 6) is -3.54. The number of halogens is 4. The number of carbonyl (C=O) groups is 1. The Morgan fingerprint density at radius 3 is 2.84 bits per heavy atom. The summed E-state index contributed by atoms with van der Waals surface area (Å²) in [5, 5.41) is 4.19. The summed E-state index contributed by atoms with van der Waals surface area (Å²) in [5.41, 5.74) is -1.16. The second-order valence-electron chi connectivity index (χ2n) is 6.80. The monoisotopic (exact) mass is 458 g/mol. The summed E-state index contributed by atoms with van der Waals surface area (Å²) in [6.07, 6.45) is -2.68. The normalized spacial score (nSPS) is 17.8. The highest BCUT2D eigenvalue weighted by atomic mass is 19.3. The molecule has 0 unspecified atom stereocenters. The van der Waals surface area contributed by atoms with E-state index in [9.17, 15) is 31.9 Å². The Balaban J connectivity index is 1.66. The van der Waals surface area contributed by atoms with Gasteiger partial charge in [-0.3, -0.25) is 9.78 Å². The average molecular weight is 458 g/mol. The summed E-state index contributed by atoms with van der Waals surface area (Å²) >= 11 is 0. The molecule has 1 fully saturated rings. The first-order chi connectivity index (χ1) is 15.1. The fourth-order valence-electron chi connectivity index (χ4n) is 3.21. The van der Waals surface area contributed by atoms with Crippen LogP contribution in [0.4, 0.5) is 28.0 Å². The Bertz CT molecular complexity index is 1270. The van der Waals surface area contributed by atoms with Crippen LogP contribution in [0.15, 0.2) is 34.2 Å². The third-order valence-corrected chi connectivity index (χ3v) is 4.60. The highest BCUT2D eigenvalue weighted by molar-refractivity contribution is 5.75. The number of nitrogens with one attached hydrogen (secondary N) is 2. The van der Waals surface area contributed by atoms with Crippen LogP contribution in [-0.4, -0.2) is 68.9 Å². The lowest BCUT2D eigenvalue weighted by molar-refractivity contribution is -0.0964. The van der Waals surface area contributed by atoms with Gasteiger partial charge in [-0.1, -0.05) is 0 Å². The van der Waals surface area contributed by atoms with E-state index in [-0.39, 0.29) is 22.6 Å². The summed E-state index contributed by atoms with van der Waals surface area (Å²) in [4.78, 5) is 44.4. The van der Waals surface area contributed by atoms with Gasteiger partial charge >= 0.3 is 17.8 Å². The van der Waals surface area contributed by atoms with Crippen molar-refractivity contribution in [2.24, 2.45) is 0 Å². The number of hydrogen-bond donors (Lipinski definition) is 2. The summed E-state index contributed by atoms with van der Waals surface area (Å²) in [7, 11) is 0. The Morgan fingerprint density at radius 2 is 2.12 bits per heavy atom. The molecule has 32 heavy (non-hydrogen) atoms. The van der Waals surface area contributed by atoms with Gasteiger partial charge in [-0.2, -0.15) is 5.10 Å². The maximum absolute atomic E-state index is 14.5. The van der Waals surface area contributed by atoms with E-state index < -0.39 is 55.6 Å². The lowest BCUT2D eigenvalue weighted by Gasteiger charge is -2.19. The lowest BCUT2D eigenvalue weighted by Crippen LogP contribution is -2.36. The fraction of sp³-hybridized carbons (Fsp3) is 0.353. The van der Waals surface area contributed by atoms with Crippen LogP contribution in [-0.2, 0) is 9.47 Å². The van der Waals surface area contributed by atoms with Crippen LogP contribution in [0.1, 0.15) is 0 Å². The number of H-pyrrole nitrogens is 2. The second kappa shape index (κ2) is 7.97. The molecular formula is C17H14F4N6O5.